The molecular formula is C20H21N7S. The summed E-state index contributed by atoms with van der Waals surface area (Å²) in [5.41, 5.74) is 3.21. The van der Waals surface area contributed by atoms with Crippen molar-refractivity contribution in [2.45, 2.75) is 6.54 Å². The number of hydrogen-bond acceptors (Lipinski definition) is 7. The van der Waals surface area contributed by atoms with Gasteiger partial charge in [-0.2, -0.15) is 5.10 Å². The molecule has 0 spiro atoms. The molecule has 1 aromatic carbocycles. The average molecular weight is 392 g/mol. The number of benzene rings is 1. The molecule has 0 aliphatic carbocycles. The molecule has 4 aromatic rings. The van der Waals surface area contributed by atoms with E-state index in [0.29, 0.717) is 0 Å². The molecule has 3 aromatic heterocycles. The van der Waals surface area contributed by atoms with E-state index < -0.39 is 0 Å². The summed E-state index contributed by atoms with van der Waals surface area (Å²) in [6.07, 6.45) is 3.49. The number of thiazole rings is 1. The Hall–Kier alpha value is -2.84. The number of rotatable bonds is 4. The van der Waals surface area contributed by atoms with E-state index in [2.05, 4.69) is 54.5 Å². The first-order valence-electron chi connectivity index (χ1n) is 9.38. The lowest BCUT2D eigenvalue weighted by atomic mass is 10.2. The highest BCUT2D eigenvalue weighted by Gasteiger charge is 2.21. The number of aromatic nitrogens is 5. The summed E-state index contributed by atoms with van der Waals surface area (Å²) in [4.78, 5) is 18.5. The second-order valence-electron chi connectivity index (χ2n) is 6.98. The molecule has 0 amide bonds. The van der Waals surface area contributed by atoms with Gasteiger partial charge >= 0.3 is 0 Å². The van der Waals surface area contributed by atoms with Gasteiger partial charge in [0.15, 0.2) is 5.65 Å². The highest BCUT2D eigenvalue weighted by molar-refractivity contribution is 7.13. The molecule has 1 aliphatic rings. The van der Waals surface area contributed by atoms with E-state index in [4.69, 9.17) is 4.98 Å². The molecule has 7 nitrogen and oxygen atoms in total. The van der Waals surface area contributed by atoms with Crippen molar-refractivity contribution in [1.82, 2.24) is 29.6 Å². The van der Waals surface area contributed by atoms with E-state index in [9.17, 15) is 0 Å². The fraction of sp³-hybridized carbons (Fsp3) is 0.300. The van der Waals surface area contributed by atoms with Crippen LogP contribution >= 0.6 is 11.3 Å². The van der Waals surface area contributed by atoms with Gasteiger partial charge in [-0.3, -0.25) is 9.58 Å². The number of hydrogen-bond donors (Lipinski definition) is 0. The van der Waals surface area contributed by atoms with Gasteiger partial charge in [-0.15, -0.1) is 11.3 Å². The molecule has 0 unspecified atom stereocenters. The van der Waals surface area contributed by atoms with Gasteiger partial charge in [-0.25, -0.2) is 15.0 Å². The largest absolute Gasteiger partial charge is 0.353 e. The third-order valence-corrected chi connectivity index (χ3v) is 6.08. The molecule has 0 atom stereocenters. The predicted molar refractivity (Wildman–Crippen MR) is 111 cm³/mol. The smallest absolute Gasteiger partial charge is 0.163 e. The first-order valence-corrected chi connectivity index (χ1v) is 10.3. The molecule has 1 aliphatic heterocycles. The summed E-state index contributed by atoms with van der Waals surface area (Å²) in [5.74, 6) is 0.984. The molecule has 0 saturated carbocycles. The van der Waals surface area contributed by atoms with Gasteiger partial charge < -0.3 is 4.90 Å². The molecule has 142 valence electrons. The first kappa shape index (κ1) is 17.3. The lowest BCUT2D eigenvalue weighted by molar-refractivity contribution is 0.247. The lowest BCUT2D eigenvalue weighted by Crippen LogP contribution is -2.46. The highest BCUT2D eigenvalue weighted by atomic mass is 32.1. The van der Waals surface area contributed by atoms with Crippen LogP contribution in [0.25, 0.3) is 21.6 Å². The minimum absolute atomic E-state index is 0.878. The zero-order valence-electron chi connectivity index (χ0n) is 15.7. The summed E-state index contributed by atoms with van der Waals surface area (Å²) in [7, 11) is 1.91. The molecule has 28 heavy (non-hydrogen) atoms. The van der Waals surface area contributed by atoms with Crippen LogP contribution in [0.3, 0.4) is 0 Å². The maximum Gasteiger partial charge on any atom is 0.163 e. The number of nitrogens with zero attached hydrogens (tertiary/aromatic N) is 7. The highest BCUT2D eigenvalue weighted by Crippen LogP contribution is 2.25. The fourth-order valence-electron chi connectivity index (χ4n) is 3.64. The third-order valence-electron chi connectivity index (χ3n) is 5.14. The number of anilines is 1. The van der Waals surface area contributed by atoms with Crippen molar-refractivity contribution in [1.29, 1.82) is 0 Å². The van der Waals surface area contributed by atoms with Crippen molar-refractivity contribution in [3.63, 3.8) is 0 Å². The van der Waals surface area contributed by atoms with Crippen LogP contribution in [-0.2, 0) is 13.6 Å². The molecule has 5 rings (SSSR count). The summed E-state index contributed by atoms with van der Waals surface area (Å²) >= 11 is 1.72. The van der Waals surface area contributed by atoms with E-state index in [0.717, 1.165) is 60.3 Å². The van der Waals surface area contributed by atoms with Gasteiger partial charge in [-0.05, 0) is 0 Å². The van der Waals surface area contributed by atoms with Crippen molar-refractivity contribution in [2.75, 3.05) is 31.1 Å². The van der Waals surface area contributed by atoms with Crippen LogP contribution in [0.2, 0.25) is 0 Å². The second kappa shape index (κ2) is 7.29. The quantitative estimate of drug-likeness (QED) is 0.533. The summed E-state index contributed by atoms with van der Waals surface area (Å²) in [6, 6.07) is 10.4. The van der Waals surface area contributed by atoms with Gasteiger partial charge in [0.1, 0.15) is 17.2 Å². The Morgan fingerprint density at radius 2 is 1.86 bits per heavy atom. The van der Waals surface area contributed by atoms with E-state index in [1.54, 1.807) is 22.3 Å². The summed E-state index contributed by atoms with van der Waals surface area (Å²) in [5, 5.41) is 8.61. The molecule has 0 radical (unpaired) electrons. The first-order chi connectivity index (χ1) is 13.8. The minimum Gasteiger partial charge on any atom is -0.353 e. The SMILES string of the molecule is Cn1ncc2c(N3CCN(Cc4csc(-c5ccccc5)n4)CC3)ncnc21. The van der Waals surface area contributed by atoms with Crippen LogP contribution in [-0.4, -0.2) is 55.8 Å². The van der Waals surface area contributed by atoms with Crippen LogP contribution < -0.4 is 4.90 Å². The molecular weight excluding hydrogens is 370 g/mol. The van der Waals surface area contributed by atoms with E-state index in [-0.39, 0.29) is 0 Å². The van der Waals surface area contributed by atoms with Crippen molar-refractivity contribution < 1.29 is 0 Å². The molecule has 1 saturated heterocycles. The van der Waals surface area contributed by atoms with Crippen molar-refractivity contribution in [2.24, 2.45) is 7.05 Å². The number of aryl methyl sites for hydroxylation is 1. The Labute approximate surface area is 167 Å². The Bertz CT molecular complexity index is 1080. The van der Waals surface area contributed by atoms with Crippen LogP contribution in [0, 0.1) is 0 Å². The number of piperazine rings is 1. The summed E-state index contributed by atoms with van der Waals surface area (Å²) in [6.45, 7) is 4.75. The van der Waals surface area contributed by atoms with Gasteiger partial charge in [0.25, 0.3) is 0 Å². The van der Waals surface area contributed by atoms with Crippen LogP contribution in [0.15, 0.2) is 48.2 Å². The second-order valence-corrected chi connectivity index (χ2v) is 7.83. The molecule has 8 heteroatoms. The predicted octanol–water partition coefficient (Wildman–Crippen LogP) is 2.81. The van der Waals surface area contributed by atoms with Crippen LogP contribution in [0.1, 0.15) is 5.69 Å². The van der Waals surface area contributed by atoms with Gasteiger partial charge in [0.05, 0.1) is 17.3 Å². The Morgan fingerprint density at radius 1 is 1.04 bits per heavy atom. The summed E-state index contributed by atoms with van der Waals surface area (Å²) < 4.78 is 1.79. The normalized spacial score (nSPS) is 15.4. The maximum absolute atomic E-state index is 4.83. The standard InChI is InChI=1S/C20H21N7S/c1-25-18-17(11-23-25)19(22-14-21-18)27-9-7-26(8-10-27)12-16-13-28-20(24-16)15-5-3-2-4-6-15/h2-6,11,13-14H,7-10,12H2,1H3. The van der Waals surface area contributed by atoms with E-state index >= 15 is 0 Å². The van der Waals surface area contributed by atoms with E-state index in [1.165, 1.54) is 5.56 Å². The number of fused-ring (bicyclic) bond motifs is 1. The monoisotopic (exact) mass is 391 g/mol. The maximum atomic E-state index is 4.83. The van der Waals surface area contributed by atoms with E-state index in [1.807, 2.05) is 19.3 Å². The van der Waals surface area contributed by atoms with Crippen molar-refractivity contribution >= 4 is 28.2 Å². The fourth-order valence-corrected chi connectivity index (χ4v) is 4.46. The van der Waals surface area contributed by atoms with Crippen LogP contribution in [0.4, 0.5) is 5.82 Å². The minimum atomic E-state index is 0.878. The zero-order chi connectivity index (χ0) is 18.9. The molecule has 1 fully saturated rings. The third kappa shape index (κ3) is 3.25. The average Bonchev–Trinajstić information content (AvgIpc) is 3.36. The molecule has 4 heterocycles. The van der Waals surface area contributed by atoms with Crippen LogP contribution in [0.5, 0.6) is 0 Å². The molecule has 0 N–H and O–H groups in total. The Balaban J connectivity index is 1.25. The Kier molecular flexibility index (Phi) is 4.50. The molecule has 0 bridgehead atoms. The van der Waals surface area contributed by atoms with Gasteiger partial charge in [0.2, 0.25) is 0 Å². The topological polar surface area (TPSA) is 63.0 Å². The van der Waals surface area contributed by atoms with Crippen molar-refractivity contribution in [3.8, 4) is 10.6 Å². The van der Waals surface area contributed by atoms with Gasteiger partial charge in [0, 0.05) is 50.7 Å². The Morgan fingerprint density at radius 3 is 2.68 bits per heavy atom. The van der Waals surface area contributed by atoms with Gasteiger partial charge in [-0.1, -0.05) is 30.3 Å². The zero-order valence-corrected chi connectivity index (χ0v) is 16.5. The van der Waals surface area contributed by atoms with Crippen molar-refractivity contribution in [3.05, 3.63) is 53.9 Å². The lowest BCUT2D eigenvalue weighted by Gasteiger charge is -2.35.